The molecule has 0 bridgehead atoms. The number of ether oxygens (including phenoxy) is 2. The maximum Gasteiger partial charge on any atom is 0.387 e. The predicted molar refractivity (Wildman–Crippen MR) is 162 cm³/mol. The van der Waals surface area contributed by atoms with Gasteiger partial charge in [-0.05, 0) is 36.6 Å². The number of halogens is 3. The Labute approximate surface area is 254 Å². The van der Waals surface area contributed by atoms with E-state index < -0.39 is 12.5 Å². The molecule has 2 heterocycles. The molecule has 0 spiro atoms. The molecular weight excluding hydrogens is 580 g/mol. The fourth-order valence-electron chi connectivity index (χ4n) is 4.87. The maximum absolute atomic E-state index is 13.3. The first-order chi connectivity index (χ1) is 20.7. The Morgan fingerprint density at radius 3 is 2.56 bits per heavy atom. The first kappa shape index (κ1) is 31.8. The number of likely N-dealkylation sites (tertiary alicyclic amines) is 1. The highest BCUT2D eigenvalue weighted by Gasteiger charge is 2.26. The molecule has 13 heteroatoms. The summed E-state index contributed by atoms with van der Waals surface area (Å²) in [4.78, 5) is 15.6. The summed E-state index contributed by atoms with van der Waals surface area (Å²) in [6.45, 7) is 4.16. The Balaban J connectivity index is 1.53. The smallest absolute Gasteiger partial charge is 0.387 e. The van der Waals surface area contributed by atoms with Crippen molar-refractivity contribution < 1.29 is 23.0 Å². The van der Waals surface area contributed by atoms with Crippen LogP contribution in [0.4, 0.5) is 14.5 Å². The van der Waals surface area contributed by atoms with E-state index in [1.807, 2.05) is 30.3 Å². The number of benzene rings is 2. The van der Waals surface area contributed by atoms with Crippen LogP contribution in [0.25, 0.3) is 11.3 Å². The first-order valence-corrected chi connectivity index (χ1v) is 14.2. The van der Waals surface area contributed by atoms with Gasteiger partial charge in [-0.2, -0.15) is 13.9 Å². The van der Waals surface area contributed by atoms with E-state index in [9.17, 15) is 13.6 Å². The van der Waals surface area contributed by atoms with Gasteiger partial charge in [-0.25, -0.2) is 0 Å². The minimum atomic E-state index is -3.08. The quantitative estimate of drug-likeness (QED) is 0.126. The minimum absolute atomic E-state index is 0.00796. The molecule has 0 unspecified atom stereocenters. The average Bonchev–Trinajstić information content (AvgIpc) is 3.40. The second kappa shape index (κ2) is 14.9. The van der Waals surface area contributed by atoms with Crippen LogP contribution in [0.15, 0.2) is 78.4 Å². The fraction of sp³-hybridized carbons (Fsp3) is 0.333. The van der Waals surface area contributed by atoms with E-state index in [2.05, 4.69) is 22.1 Å². The number of nitrogens with one attached hydrogen (secondary N) is 2. The third-order valence-corrected chi connectivity index (χ3v) is 7.31. The van der Waals surface area contributed by atoms with Gasteiger partial charge in [-0.3, -0.25) is 9.48 Å². The van der Waals surface area contributed by atoms with Crippen molar-refractivity contribution in [3.63, 3.8) is 0 Å². The molecule has 3 aromatic rings. The zero-order chi connectivity index (χ0) is 30.9. The number of nitrogens with two attached hydrogens (primary N) is 2. The molecular formula is C30H36ClF2N7O3. The number of hydrogen-bond acceptors (Lipinski definition) is 8. The van der Waals surface area contributed by atoms with Crippen LogP contribution in [-0.2, 0) is 16.1 Å². The molecule has 0 aliphatic carbocycles. The SMILES string of the molecule is C=C(N)/C(C(=O)Nc1cn(C2CCN(CCOCc3ccccc3)CC2)nc1-c1cc(Cl)ccc1OC(F)F)=C(\N)NC. The van der Waals surface area contributed by atoms with E-state index in [0.29, 0.717) is 13.2 Å². The highest BCUT2D eigenvalue weighted by atomic mass is 35.5. The van der Waals surface area contributed by atoms with Crippen LogP contribution in [0.2, 0.25) is 5.02 Å². The number of nitrogens with zero attached hydrogens (tertiary/aromatic N) is 3. The zero-order valence-corrected chi connectivity index (χ0v) is 24.6. The average molecular weight is 616 g/mol. The largest absolute Gasteiger partial charge is 0.434 e. The molecule has 0 atom stereocenters. The Morgan fingerprint density at radius 1 is 1.19 bits per heavy atom. The first-order valence-electron chi connectivity index (χ1n) is 13.8. The summed E-state index contributed by atoms with van der Waals surface area (Å²) in [5.41, 5.74) is 13.4. The van der Waals surface area contributed by atoms with Gasteiger partial charge in [0.1, 0.15) is 22.8 Å². The molecule has 10 nitrogen and oxygen atoms in total. The van der Waals surface area contributed by atoms with Crippen molar-refractivity contribution in [1.29, 1.82) is 0 Å². The predicted octanol–water partition coefficient (Wildman–Crippen LogP) is 4.46. The molecule has 1 fully saturated rings. The van der Waals surface area contributed by atoms with Crippen LogP contribution in [0.5, 0.6) is 5.75 Å². The zero-order valence-electron chi connectivity index (χ0n) is 23.9. The van der Waals surface area contributed by atoms with Crippen LogP contribution in [-0.4, -0.2) is 60.5 Å². The van der Waals surface area contributed by atoms with E-state index in [0.717, 1.165) is 38.0 Å². The molecule has 1 aliphatic heterocycles. The number of carbonyl (C=O) groups is 1. The second-order valence-electron chi connectivity index (χ2n) is 10.0. The molecule has 1 aliphatic rings. The fourth-order valence-corrected chi connectivity index (χ4v) is 5.04. The number of rotatable bonds is 13. The third kappa shape index (κ3) is 8.46. The van der Waals surface area contributed by atoms with E-state index in [1.165, 1.54) is 25.2 Å². The van der Waals surface area contributed by atoms with Gasteiger partial charge in [0.05, 0.1) is 24.9 Å². The van der Waals surface area contributed by atoms with Gasteiger partial charge in [0, 0.05) is 49.2 Å². The van der Waals surface area contributed by atoms with Gasteiger partial charge in [0.15, 0.2) is 0 Å². The van der Waals surface area contributed by atoms with Crippen molar-refractivity contribution in [3.05, 3.63) is 89.0 Å². The lowest BCUT2D eigenvalue weighted by molar-refractivity contribution is -0.112. The summed E-state index contributed by atoms with van der Waals surface area (Å²) in [6, 6.07) is 14.2. The van der Waals surface area contributed by atoms with Gasteiger partial charge < -0.3 is 36.5 Å². The maximum atomic E-state index is 13.3. The van der Waals surface area contributed by atoms with Gasteiger partial charge in [0.2, 0.25) is 0 Å². The van der Waals surface area contributed by atoms with Crippen LogP contribution in [0.3, 0.4) is 0 Å². The molecule has 1 aromatic heterocycles. The lowest BCUT2D eigenvalue weighted by Crippen LogP contribution is -2.36. The minimum Gasteiger partial charge on any atom is -0.434 e. The monoisotopic (exact) mass is 615 g/mol. The van der Waals surface area contributed by atoms with Crippen LogP contribution in [0.1, 0.15) is 24.4 Å². The molecule has 0 radical (unpaired) electrons. The molecule has 4 rings (SSSR count). The molecule has 6 N–H and O–H groups in total. The van der Waals surface area contributed by atoms with Crippen LogP contribution >= 0.6 is 11.6 Å². The number of alkyl halides is 2. The van der Waals surface area contributed by atoms with E-state index >= 15 is 0 Å². The van der Waals surface area contributed by atoms with Crippen LogP contribution in [0, 0.1) is 0 Å². The summed E-state index contributed by atoms with van der Waals surface area (Å²) >= 11 is 6.23. The van der Waals surface area contributed by atoms with Gasteiger partial charge in [-0.15, -0.1) is 0 Å². The number of amides is 1. The van der Waals surface area contributed by atoms with Crippen LogP contribution < -0.4 is 26.8 Å². The topological polar surface area (TPSA) is 133 Å². The lowest BCUT2D eigenvalue weighted by Gasteiger charge is -2.31. The van der Waals surface area contributed by atoms with Crippen molar-refractivity contribution in [3.8, 4) is 17.0 Å². The molecule has 1 amide bonds. The van der Waals surface area contributed by atoms with E-state index in [-0.39, 0.29) is 50.8 Å². The highest BCUT2D eigenvalue weighted by molar-refractivity contribution is 6.31. The summed E-state index contributed by atoms with van der Waals surface area (Å²) in [7, 11) is 1.54. The molecule has 2 aromatic carbocycles. The summed E-state index contributed by atoms with van der Waals surface area (Å²) < 4.78 is 38.9. The van der Waals surface area contributed by atoms with Gasteiger partial charge in [0.25, 0.3) is 5.91 Å². The van der Waals surface area contributed by atoms with E-state index in [1.54, 1.807) is 10.9 Å². The van der Waals surface area contributed by atoms with Crippen molar-refractivity contribution in [2.75, 3.05) is 38.6 Å². The molecule has 43 heavy (non-hydrogen) atoms. The Hall–Kier alpha value is -4.13. The van der Waals surface area contributed by atoms with E-state index in [4.69, 9.17) is 37.6 Å². The standard InChI is InChI=1S/C30H36ClF2N7O3/c1-19(34)26(28(35)36-2)29(41)37-24-17-40(38-27(24)23-16-21(31)8-9-25(23)43-30(32)33)22-10-12-39(13-11-22)14-15-42-18-20-6-4-3-5-7-20/h3-9,16-17,22,30,36H,1,10-15,18,34-35H2,2H3,(H,37,41)/b28-26-. The van der Waals surface area contributed by atoms with Crippen molar-refractivity contribution in [2.45, 2.75) is 32.1 Å². The van der Waals surface area contributed by atoms with Crippen molar-refractivity contribution in [1.82, 2.24) is 20.0 Å². The number of piperidine rings is 1. The third-order valence-electron chi connectivity index (χ3n) is 7.07. The number of carbonyl (C=O) groups excluding carboxylic acids is 1. The highest BCUT2D eigenvalue weighted by Crippen LogP contribution is 2.38. The summed E-state index contributed by atoms with van der Waals surface area (Å²) in [5, 5.41) is 10.5. The number of anilines is 1. The lowest BCUT2D eigenvalue weighted by atomic mass is 10.1. The Kier molecular flexibility index (Phi) is 11.0. The number of aromatic nitrogens is 2. The Bertz CT molecular complexity index is 1440. The van der Waals surface area contributed by atoms with Gasteiger partial charge in [-0.1, -0.05) is 48.5 Å². The summed E-state index contributed by atoms with van der Waals surface area (Å²) in [6.07, 6.45) is 3.22. The number of hydrogen-bond donors (Lipinski definition) is 4. The normalized spacial score (nSPS) is 14.8. The van der Waals surface area contributed by atoms with Crippen molar-refractivity contribution >= 4 is 23.2 Å². The second-order valence-corrected chi connectivity index (χ2v) is 10.5. The molecule has 0 saturated carbocycles. The Morgan fingerprint density at radius 2 is 1.91 bits per heavy atom. The van der Waals surface area contributed by atoms with Crippen molar-refractivity contribution in [2.24, 2.45) is 11.5 Å². The summed E-state index contributed by atoms with van der Waals surface area (Å²) in [5.74, 6) is -0.772. The molecule has 230 valence electrons. The molecule has 1 saturated heterocycles. The van der Waals surface area contributed by atoms with Gasteiger partial charge >= 0.3 is 6.61 Å².